The second-order valence-electron chi connectivity index (χ2n) is 6.71. The van der Waals surface area contributed by atoms with E-state index in [0.717, 1.165) is 48.3 Å². The number of imide groups is 1. The lowest BCUT2D eigenvalue weighted by Crippen LogP contribution is -2.42. The minimum atomic E-state index is -0.993. The summed E-state index contributed by atoms with van der Waals surface area (Å²) in [7, 11) is 4.36. The lowest BCUT2D eigenvalue weighted by atomic mass is 10.1. The number of hydrogen-bond donors (Lipinski definition) is 0. The number of anilines is 1. The highest BCUT2D eigenvalue weighted by molar-refractivity contribution is 8.18. The predicted molar refractivity (Wildman–Crippen MR) is 110 cm³/mol. The number of rotatable bonds is 6. The van der Waals surface area contributed by atoms with E-state index >= 15 is 0 Å². The number of methoxy groups -OCH3 is 3. The van der Waals surface area contributed by atoms with Gasteiger partial charge in [-0.25, -0.2) is 4.79 Å². The third-order valence-corrected chi connectivity index (χ3v) is 5.90. The summed E-state index contributed by atoms with van der Waals surface area (Å²) in [5, 5.41) is -0.515. The van der Waals surface area contributed by atoms with Crippen molar-refractivity contribution in [2.24, 2.45) is 0 Å². The van der Waals surface area contributed by atoms with Crippen LogP contribution in [-0.2, 0) is 14.3 Å². The normalized spacial score (nSPS) is 19.1. The molecule has 0 radical (unpaired) electrons. The SMILES string of the molecule is COC(=O)[C@@H](C)N1C(=O)S/C(=C\c2cc(OC)c(N3CCCC3)cc2OC)C1=O. The van der Waals surface area contributed by atoms with Crippen molar-refractivity contribution in [1.29, 1.82) is 0 Å². The molecule has 2 heterocycles. The number of carbonyl (C=O) groups excluding carboxylic acids is 3. The summed E-state index contributed by atoms with van der Waals surface area (Å²) < 4.78 is 15.7. The predicted octanol–water partition coefficient (Wildman–Crippen LogP) is 2.90. The van der Waals surface area contributed by atoms with Gasteiger partial charge in [-0.2, -0.15) is 0 Å². The van der Waals surface area contributed by atoms with Gasteiger partial charge in [0.1, 0.15) is 17.5 Å². The van der Waals surface area contributed by atoms with Gasteiger partial charge in [0.25, 0.3) is 11.1 Å². The summed E-state index contributed by atoms with van der Waals surface area (Å²) in [6, 6.07) is 2.69. The summed E-state index contributed by atoms with van der Waals surface area (Å²) in [4.78, 5) is 40.2. The van der Waals surface area contributed by atoms with Crippen molar-refractivity contribution >= 4 is 40.6 Å². The van der Waals surface area contributed by atoms with E-state index in [0.29, 0.717) is 17.1 Å². The van der Waals surface area contributed by atoms with Crippen molar-refractivity contribution in [3.63, 3.8) is 0 Å². The van der Waals surface area contributed by atoms with Gasteiger partial charge in [-0.05, 0) is 43.7 Å². The maximum Gasteiger partial charge on any atom is 0.328 e. The van der Waals surface area contributed by atoms with E-state index in [1.165, 1.54) is 14.0 Å². The van der Waals surface area contributed by atoms with Crippen molar-refractivity contribution < 1.29 is 28.6 Å². The number of nitrogens with zero attached hydrogens (tertiary/aromatic N) is 2. The maximum atomic E-state index is 12.7. The smallest absolute Gasteiger partial charge is 0.328 e. The summed E-state index contributed by atoms with van der Waals surface area (Å²) in [5.74, 6) is 0.0481. The summed E-state index contributed by atoms with van der Waals surface area (Å²) in [6.07, 6.45) is 3.83. The van der Waals surface area contributed by atoms with Gasteiger partial charge in [0.2, 0.25) is 0 Å². The Morgan fingerprint density at radius 2 is 1.76 bits per heavy atom. The molecule has 3 rings (SSSR count). The molecule has 2 amide bonds. The number of thioether (sulfide) groups is 1. The Labute approximate surface area is 173 Å². The molecule has 29 heavy (non-hydrogen) atoms. The highest BCUT2D eigenvalue weighted by atomic mass is 32.2. The Hall–Kier alpha value is -2.68. The molecule has 0 unspecified atom stereocenters. The second-order valence-corrected chi connectivity index (χ2v) is 7.70. The highest BCUT2D eigenvalue weighted by Gasteiger charge is 2.41. The molecular weight excluding hydrogens is 396 g/mol. The Morgan fingerprint density at radius 3 is 2.34 bits per heavy atom. The van der Waals surface area contributed by atoms with Crippen LogP contribution in [0.4, 0.5) is 10.5 Å². The monoisotopic (exact) mass is 420 g/mol. The van der Waals surface area contributed by atoms with Crippen molar-refractivity contribution in [3.05, 3.63) is 22.6 Å². The molecule has 0 aliphatic carbocycles. The second kappa shape index (κ2) is 8.77. The van der Waals surface area contributed by atoms with E-state index in [2.05, 4.69) is 9.64 Å². The zero-order chi connectivity index (χ0) is 21.1. The number of esters is 1. The van der Waals surface area contributed by atoms with Crippen molar-refractivity contribution in [2.75, 3.05) is 39.3 Å². The zero-order valence-electron chi connectivity index (χ0n) is 16.9. The van der Waals surface area contributed by atoms with E-state index in [4.69, 9.17) is 9.47 Å². The molecule has 2 saturated heterocycles. The van der Waals surface area contributed by atoms with Gasteiger partial charge in [-0.15, -0.1) is 0 Å². The Bertz CT molecular complexity index is 863. The average Bonchev–Trinajstić information content (AvgIpc) is 3.35. The van der Waals surface area contributed by atoms with Gasteiger partial charge >= 0.3 is 5.97 Å². The van der Waals surface area contributed by atoms with Crippen LogP contribution in [0.3, 0.4) is 0 Å². The van der Waals surface area contributed by atoms with Crippen LogP contribution < -0.4 is 14.4 Å². The zero-order valence-corrected chi connectivity index (χ0v) is 17.7. The molecule has 156 valence electrons. The molecule has 0 N–H and O–H groups in total. The molecule has 2 aliphatic heterocycles. The fraction of sp³-hybridized carbons (Fsp3) is 0.450. The van der Waals surface area contributed by atoms with Crippen LogP contribution in [0, 0.1) is 0 Å². The Kier molecular flexibility index (Phi) is 6.36. The van der Waals surface area contributed by atoms with Crippen molar-refractivity contribution in [3.8, 4) is 11.5 Å². The van der Waals surface area contributed by atoms with Gasteiger partial charge in [0.05, 0.1) is 31.9 Å². The molecule has 2 fully saturated rings. The van der Waals surface area contributed by atoms with Crippen molar-refractivity contribution in [2.45, 2.75) is 25.8 Å². The molecule has 1 atom stereocenters. The topological polar surface area (TPSA) is 85.4 Å². The lowest BCUT2D eigenvalue weighted by molar-refractivity contribution is -0.148. The van der Waals surface area contributed by atoms with Gasteiger partial charge in [0, 0.05) is 24.7 Å². The van der Waals surface area contributed by atoms with Gasteiger partial charge in [-0.3, -0.25) is 14.5 Å². The van der Waals surface area contributed by atoms with Crippen LogP contribution in [-0.4, -0.2) is 62.5 Å². The average molecular weight is 420 g/mol. The Morgan fingerprint density at radius 1 is 1.10 bits per heavy atom. The summed E-state index contributed by atoms with van der Waals surface area (Å²) in [6.45, 7) is 3.35. The molecule has 1 aromatic rings. The fourth-order valence-corrected chi connectivity index (χ4v) is 4.35. The third kappa shape index (κ3) is 4.05. The first-order valence-electron chi connectivity index (χ1n) is 9.27. The minimum absolute atomic E-state index is 0.208. The summed E-state index contributed by atoms with van der Waals surface area (Å²) >= 11 is 0.779. The molecule has 0 aromatic heterocycles. The third-order valence-electron chi connectivity index (χ3n) is 5.02. The van der Waals surface area contributed by atoms with Crippen LogP contribution in [0.25, 0.3) is 6.08 Å². The van der Waals surface area contributed by atoms with Gasteiger partial charge in [-0.1, -0.05) is 0 Å². The first kappa shape index (κ1) is 21.0. The lowest BCUT2D eigenvalue weighted by Gasteiger charge is -2.22. The molecule has 0 saturated carbocycles. The van der Waals surface area contributed by atoms with Crippen LogP contribution in [0.2, 0.25) is 0 Å². The molecule has 2 aliphatic rings. The van der Waals surface area contributed by atoms with E-state index in [9.17, 15) is 14.4 Å². The number of amides is 2. The van der Waals surface area contributed by atoms with Crippen LogP contribution in [0.1, 0.15) is 25.3 Å². The number of hydrogen-bond acceptors (Lipinski definition) is 8. The highest BCUT2D eigenvalue weighted by Crippen LogP contribution is 2.40. The number of benzene rings is 1. The number of ether oxygens (including phenoxy) is 3. The Balaban J connectivity index is 1.96. The first-order chi connectivity index (χ1) is 13.9. The van der Waals surface area contributed by atoms with Gasteiger partial charge < -0.3 is 19.1 Å². The quantitative estimate of drug-likeness (QED) is 0.513. The van der Waals surface area contributed by atoms with Crippen LogP contribution in [0.15, 0.2) is 17.0 Å². The van der Waals surface area contributed by atoms with Crippen LogP contribution in [0.5, 0.6) is 11.5 Å². The van der Waals surface area contributed by atoms with Gasteiger partial charge in [0.15, 0.2) is 0 Å². The first-order valence-corrected chi connectivity index (χ1v) is 10.1. The molecule has 9 heteroatoms. The minimum Gasteiger partial charge on any atom is -0.496 e. The van der Waals surface area contributed by atoms with E-state index < -0.39 is 23.2 Å². The maximum absolute atomic E-state index is 12.7. The fourth-order valence-electron chi connectivity index (χ4n) is 3.45. The molecule has 0 spiro atoms. The standard InChI is InChI=1S/C20H24N2O6S/c1-12(19(24)28-4)22-18(23)17(29-20(22)25)10-13-9-16(27-3)14(11-15(13)26-2)21-7-5-6-8-21/h9-12H,5-8H2,1-4H3/b17-10-/t12-/m1/s1. The molecular formula is C20H24N2O6S. The molecule has 8 nitrogen and oxygen atoms in total. The van der Waals surface area contributed by atoms with Crippen LogP contribution >= 0.6 is 11.8 Å². The number of carbonyl (C=O) groups is 3. The van der Waals surface area contributed by atoms with E-state index in [-0.39, 0.29) is 4.91 Å². The molecule has 1 aromatic carbocycles. The van der Waals surface area contributed by atoms with E-state index in [1.54, 1.807) is 26.4 Å². The molecule has 0 bridgehead atoms. The summed E-state index contributed by atoms with van der Waals surface area (Å²) in [5.41, 5.74) is 1.55. The van der Waals surface area contributed by atoms with Crippen molar-refractivity contribution in [1.82, 2.24) is 4.90 Å². The van der Waals surface area contributed by atoms with E-state index in [1.807, 2.05) is 6.07 Å². The largest absolute Gasteiger partial charge is 0.496 e.